The first-order valence-electron chi connectivity index (χ1n) is 50.6. The maximum atomic E-state index is 13.0. The number of carbonyl (C=O) groups is 13. The van der Waals surface area contributed by atoms with E-state index in [4.69, 9.17) is 39.0 Å². The molecule has 2 aliphatic rings. The van der Waals surface area contributed by atoms with Gasteiger partial charge in [0.1, 0.15) is 30.5 Å². The Kier molecular flexibility index (Phi) is 84.7. The maximum Gasteiger partial charge on any atom is 0.426 e. The van der Waals surface area contributed by atoms with E-state index in [-0.39, 0.29) is 110 Å². The summed E-state index contributed by atoms with van der Waals surface area (Å²) in [5, 5.41) is 63.3. The molecule has 0 aromatic rings. The van der Waals surface area contributed by atoms with Crippen LogP contribution >= 0.6 is 0 Å². The van der Waals surface area contributed by atoms with E-state index in [2.05, 4.69) is 28.4 Å². The summed E-state index contributed by atoms with van der Waals surface area (Å²) < 4.78 is 248. The summed E-state index contributed by atoms with van der Waals surface area (Å²) in [6.45, 7) is 52.5. The molecule has 47 heteroatoms. The molecule has 0 saturated heterocycles. The van der Waals surface area contributed by atoms with Crippen molar-refractivity contribution in [3.8, 4) is 0 Å². The van der Waals surface area contributed by atoms with E-state index < -0.39 is 187 Å². The van der Waals surface area contributed by atoms with Crippen molar-refractivity contribution in [1.29, 1.82) is 0 Å². The van der Waals surface area contributed by atoms with Crippen molar-refractivity contribution < 1.29 is 220 Å². The van der Waals surface area contributed by atoms with Crippen LogP contribution in [-0.2, 0) is 114 Å². The third-order valence-electron chi connectivity index (χ3n) is 23.9. The Labute approximate surface area is 870 Å². The van der Waals surface area contributed by atoms with Gasteiger partial charge in [0.25, 0.3) is 5.60 Å². The average Bonchev–Trinajstić information content (AvgIpc) is 1.29. The summed E-state index contributed by atoms with van der Waals surface area (Å²) in [5.41, 5.74) is -9.33. The Balaban J connectivity index is -0.000000210. The third-order valence-corrected chi connectivity index (χ3v) is 23.9. The van der Waals surface area contributed by atoms with Crippen molar-refractivity contribution in [2.45, 2.75) is 452 Å². The molecular weight excluding hydrogens is 2030 g/mol. The predicted octanol–water partition coefficient (Wildman–Crippen LogP) is 22.3. The molecule has 0 spiro atoms. The number of carbonyl (C=O) groups excluding carboxylic acids is 11. The quantitative estimate of drug-likeness (QED) is 0.0129. The van der Waals surface area contributed by atoms with Gasteiger partial charge in [0.05, 0.1) is 102 Å². The number of rotatable bonds is 46. The van der Waals surface area contributed by atoms with Gasteiger partial charge in [-0.1, -0.05) is 172 Å². The van der Waals surface area contributed by atoms with Crippen LogP contribution in [0.1, 0.15) is 369 Å². The highest BCUT2D eigenvalue weighted by Crippen LogP contribution is 2.49. The first-order valence-corrected chi connectivity index (χ1v) is 50.6. The van der Waals surface area contributed by atoms with E-state index in [1.165, 1.54) is 13.8 Å². The van der Waals surface area contributed by atoms with Crippen LogP contribution in [0, 0.1) is 71.0 Å². The Bertz CT molecular complexity index is 3650. The normalized spacial score (nSPS) is 15.8. The third kappa shape index (κ3) is 76.1. The molecule has 13 atom stereocenters. The molecular formula is C102H180F16O31. The van der Waals surface area contributed by atoms with Gasteiger partial charge in [0.2, 0.25) is 0 Å². The molecule has 0 aliphatic heterocycles. The van der Waals surface area contributed by atoms with Crippen LogP contribution in [0.3, 0.4) is 0 Å². The first kappa shape index (κ1) is 158. The number of carboxylic acids is 2. The van der Waals surface area contributed by atoms with Crippen LogP contribution < -0.4 is 0 Å². The monoisotopic (exact) mass is 2210 g/mol. The fourth-order valence-corrected chi connectivity index (χ4v) is 9.96. The molecule has 2 saturated carbocycles. The Morgan fingerprint density at radius 2 is 0.705 bits per heavy atom. The largest absolute Gasteiger partial charge is 0.481 e. The van der Waals surface area contributed by atoms with E-state index in [0.29, 0.717) is 64.4 Å². The second kappa shape index (κ2) is 79.7. The summed E-state index contributed by atoms with van der Waals surface area (Å²) in [6, 6.07) is 0. The summed E-state index contributed by atoms with van der Waals surface area (Å²) in [6.07, 6.45) is -17.5. The molecule has 13 unspecified atom stereocenters. The topological polar surface area (TPSA) is 465 Å². The van der Waals surface area contributed by atoms with E-state index in [9.17, 15) is 153 Å². The average molecular weight is 2210 g/mol. The van der Waals surface area contributed by atoms with E-state index in [1.54, 1.807) is 118 Å². The first-order chi connectivity index (χ1) is 67.7. The lowest BCUT2D eigenvalue weighted by atomic mass is 9.80. The number of aliphatic hydroxyl groups excluding tert-OH is 1. The van der Waals surface area contributed by atoms with Gasteiger partial charge in [-0.25, -0.2) is 27.2 Å². The predicted molar refractivity (Wildman–Crippen MR) is 521 cm³/mol. The van der Waals surface area contributed by atoms with Gasteiger partial charge in [-0.2, -0.15) is 52.7 Å². The molecule has 0 aromatic carbocycles. The fourth-order valence-electron chi connectivity index (χ4n) is 9.96. The van der Waals surface area contributed by atoms with Gasteiger partial charge in [0, 0.05) is 12.8 Å². The molecule has 2 fully saturated rings. The van der Waals surface area contributed by atoms with Crippen LogP contribution in [0.4, 0.5) is 70.2 Å². The number of aliphatic hydroxyl groups is 5. The van der Waals surface area contributed by atoms with Gasteiger partial charge < -0.3 is 87.9 Å². The minimum absolute atomic E-state index is 0.0495. The summed E-state index contributed by atoms with van der Waals surface area (Å²) in [7, 11) is 0. The van der Waals surface area contributed by atoms with Crippen molar-refractivity contribution in [3.63, 3.8) is 0 Å². The van der Waals surface area contributed by atoms with Crippen LogP contribution in [0.25, 0.3) is 0 Å². The van der Waals surface area contributed by atoms with Gasteiger partial charge in [0.15, 0.2) is 25.9 Å². The molecule has 0 bridgehead atoms. The summed E-state index contributed by atoms with van der Waals surface area (Å²) in [5.74, 6) is -14.3. The van der Waals surface area contributed by atoms with Crippen LogP contribution in [0.15, 0.2) is 0 Å². The highest BCUT2D eigenvalue weighted by molar-refractivity contribution is 5.79. The molecule has 0 radical (unpaired) electrons. The van der Waals surface area contributed by atoms with E-state index in [1.807, 2.05) is 83.1 Å². The zero-order valence-electron chi connectivity index (χ0n) is 93.6. The zero-order valence-corrected chi connectivity index (χ0v) is 93.6. The van der Waals surface area contributed by atoms with Crippen molar-refractivity contribution >= 4 is 77.6 Å². The van der Waals surface area contributed by atoms with Crippen LogP contribution in [0.2, 0.25) is 0 Å². The second-order valence-electron chi connectivity index (χ2n) is 38.7. The number of hydrogen-bond acceptors (Lipinski definition) is 29. The van der Waals surface area contributed by atoms with Gasteiger partial charge in [-0.05, 0) is 191 Å². The summed E-state index contributed by atoms with van der Waals surface area (Å²) >= 11 is 0. The van der Waals surface area contributed by atoms with Crippen molar-refractivity contribution in [2.24, 2.45) is 71.0 Å². The molecule has 886 valence electrons. The number of aliphatic carboxylic acids is 2. The Morgan fingerprint density at radius 1 is 0.376 bits per heavy atom. The van der Waals surface area contributed by atoms with E-state index in [0.717, 1.165) is 77.6 Å². The van der Waals surface area contributed by atoms with Crippen molar-refractivity contribution in [3.05, 3.63) is 0 Å². The maximum absolute atomic E-state index is 13.0. The van der Waals surface area contributed by atoms with Crippen LogP contribution in [-0.4, -0.2) is 249 Å². The number of ether oxygens (including phenoxy) is 11. The molecule has 0 amide bonds. The summed E-state index contributed by atoms with van der Waals surface area (Å²) in [4.78, 5) is 142. The highest BCUT2D eigenvalue weighted by Gasteiger charge is 2.71. The minimum Gasteiger partial charge on any atom is -0.481 e. The van der Waals surface area contributed by atoms with Crippen molar-refractivity contribution in [1.82, 2.24) is 0 Å². The number of carboxylic acid groups (broad SMARTS) is 2. The Hall–Kier alpha value is -8.21. The van der Waals surface area contributed by atoms with Crippen molar-refractivity contribution in [2.75, 3.05) is 52.9 Å². The Morgan fingerprint density at radius 3 is 1.01 bits per heavy atom. The molecule has 2 aliphatic carbocycles. The molecule has 0 aromatic heterocycles. The van der Waals surface area contributed by atoms with Gasteiger partial charge in [-0.15, -0.1) is 0 Å². The highest BCUT2D eigenvalue weighted by atomic mass is 19.4. The lowest BCUT2D eigenvalue weighted by molar-refractivity contribution is -0.375. The molecule has 7 N–H and O–H groups in total. The van der Waals surface area contributed by atoms with Crippen LogP contribution in [0.5, 0.6) is 0 Å². The molecule has 31 nitrogen and oxygen atoms in total. The smallest absolute Gasteiger partial charge is 0.426 e. The number of halogens is 16. The number of hydrogen-bond donors (Lipinski definition) is 7. The minimum atomic E-state index is -5.92. The lowest BCUT2D eigenvalue weighted by Gasteiger charge is -2.40. The fraction of sp³-hybridized carbons (Fsp3) is 0.873. The molecule has 149 heavy (non-hydrogen) atoms. The van der Waals surface area contributed by atoms with Gasteiger partial charge >= 0.3 is 115 Å². The lowest BCUT2D eigenvalue weighted by Crippen LogP contribution is -2.59. The second-order valence-corrected chi connectivity index (χ2v) is 38.7. The SMILES string of the molecule is CCC(C)C(=O)O.CCC(C)C(=O)OC(C)(C)C(C)(C)O.CCC(C)C(=O)OC(C)C(F)(F)F.CCC(C)C(=O)OC(CC(O)(C(F)(F)F)C(F)(F)F)C1CCCCC1.CCC(C)C(=O)OC1(C(C)(C)O)CCCC1.CCC(C)C(=O)OCC(=O)O.CCC(C)C(=O)OCC(=O)OCC(F)(F)F.CCC(C)C(=O)OCC(C)(C)O.CCC(C)C(=O)OCCCC(F)(F)C(F)F.CCC(C)C(=O)OCCO.CCOC(=O)C(C)CC. The van der Waals surface area contributed by atoms with Gasteiger partial charge in [-0.3, -0.25) is 52.7 Å². The zero-order chi connectivity index (χ0) is 119. The van der Waals surface area contributed by atoms with E-state index >= 15 is 0 Å². The molecule has 2 rings (SSSR count). The molecule has 0 heterocycles. The number of esters is 11. The number of alkyl halides is 16. The standard InChI is InChI=1S/C16H24F6O3.C13H24O3.C11H22O3.C10H16F4O2.C9H13F3O4.C9H18O3.C8H13F3O2.C7H12O4.C7H14O3.C7H14O2.C5H10O2/c1-3-10(2)13(23)25-12(11-7-5-4-6-8-11)9-14(24,15(17,18)19)16(20,21)22;1-5-10(2)11(14)16-13(12(3,4)15)8-6-7-9-13;1-7-8(2)9(12)14-11(5,6)10(3,4)13;1-3-7(2)8(15)16-6-4-5-10(13,14)9(11)12;1-3-6(2)8(14)15-4-7(13)16-5-9(10,11)12;1-5-7(2)8(10)12-6-9(3,4)11;1-4-5(2)7(12)13-6(3)8(9,10)11;1-3-5(2)7(10)11-4-6(8)9;1-3-6(2)7(9)10-5-4-8;1-4-6(3)7(8)9-5-2;1-3-4(2)5(6)7/h10-12,24H,3-9H2,1-2H3;10,15H,5-9H2,1-4H3;8,13H,7H2,1-6H3;7,9H,3-6H2,1-2H3;6H,3-5H2,1-2H3;7,11H,5-6H2,1-4H3;5-6H,4H2,1-3H3;5H,3-4H2,1-2H3,(H,8,9);6,8H,3-5H2,1-2H3;6H,4-5H2,1-3H3;4H,3H2,1-2H3,(H,6,7).